The van der Waals surface area contributed by atoms with Crippen molar-refractivity contribution in [3.8, 4) is 0 Å². The van der Waals surface area contributed by atoms with Gasteiger partial charge in [0.1, 0.15) is 0 Å². The third-order valence-corrected chi connectivity index (χ3v) is 6.40. The van der Waals surface area contributed by atoms with Crippen molar-refractivity contribution in [1.29, 1.82) is 0 Å². The van der Waals surface area contributed by atoms with Crippen LogP contribution in [0.15, 0.2) is 5.16 Å². The molecule has 0 radical (unpaired) electrons. The lowest BCUT2D eigenvalue weighted by Gasteiger charge is -2.39. The molecular weight excluding hydrogens is 322 g/mol. The maximum atomic E-state index is 12.6. The fourth-order valence-corrected chi connectivity index (χ4v) is 4.87. The molecule has 0 bridgehead atoms. The summed E-state index contributed by atoms with van der Waals surface area (Å²) in [6, 6.07) is 0.658. The molecule has 1 aromatic heterocycles. The SMILES string of the molecule is CC1CCCC(C)N1C(=O)CSc1nnc(C2CCCCC2)n1N. The van der Waals surface area contributed by atoms with E-state index in [1.807, 2.05) is 4.90 Å². The van der Waals surface area contributed by atoms with Crippen molar-refractivity contribution in [2.45, 2.75) is 88.4 Å². The highest BCUT2D eigenvalue weighted by atomic mass is 32.2. The molecule has 2 heterocycles. The molecule has 7 heteroatoms. The Morgan fingerprint density at radius 2 is 1.75 bits per heavy atom. The van der Waals surface area contributed by atoms with Gasteiger partial charge in [0, 0.05) is 18.0 Å². The molecule has 2 aliphatic rings. The second-order valence-corrected chi connectivity index (χ2v) is 8.21. The minimum atomic E-state index is 0.182. The summed E-state index contributed by atoms with van der Waals surface area (Å²) in [7, 11) is 0. The van der Waals surface area contributed by atoms with E-state index in [1.54, 1.807) is 4.68 Å². The van der Waals surface area contributed by atoms with Crippen LogP contribution in [0, 0.1) is 0 Å². The summed E-state index contributed by atoms with van der Waals surface area (Å²) >= 11 is 1.41. The first-order chi connectivity index (χ1) is 11.6. The molecule has 0 aromatic carbocycles. The summed E-state index contributed by atoms with van der Waals surface area (Å²) in [5.74, 6) is 8.06. The van der Waals surface area contributed by atoms with Crippen molar-refractivity contribution >= 4 is 17.7 Å². The van der Waals surface area contributed by atoms with Crippen LogP contribution < -0.4 is 5.84 Å². The molecule has 3 rings (SSSR count). The van der Waals surface area contributed by atoms with E-state index in [4.69, 9.17) is 5.84 Å². The molecule has 6 nitrogen and oxygen atoms in total. The van der Waals surface area contributed by atoms with Gasteiger partial charge in [-0.3, -0.25) is 4.79 Å². The van der Waals surface area contributed by atoms with E-state index in [0.717, 1.165) is 31.5 Å². The molecule has 2 unspecified atom stereocenters. The van der Waals surface area contributed by atoms with Gasteiger partial charge in [-0.05, 0) is 46.0 Å². The van der Waals surface area contributed by atoms with Gasteiger partial charge in [-0.2, -0.15) is 0 Å². The number of nitrogen functional groups attached to an aromatic ring is 1. The lowest BCUT2D eigenvalue weighted by Crippen LogP contribution is -2.48. The standard InChI is InChI=1S/C17H29N5OS/c1-12-7-6-8-13(2)21(12)15(23)11-24-17-20-19-16(22(17)18)14-9-4-3-5-10-14/h12-14H,3-11,18H2,1-2H3. The quantitative estimate of drug-likeness (QED) is 0.667. The highest BCUT2D eigenvalue weighted by Crippen LogP contribution is 2.32. The largest absolute Gasteiger partial charge is 0.337 e. The van der Waals surface area contributed by atoms with E-state index in [2.05, 4.69) is 24.0 Å². The fraction of sp³-hybridized carbons (Fsp3) is 0.824. The van der Waals surface area contributed by atoms with Gasteiger partial charge in [-0.1, -0.05) is 31.0 Å². The van der Waals surface area contributed by atoms with E-state index in [9.17, 15) is 4.79 Å². The number of carbonyl (C=O) groups excluding carboxylic acids is 1. The molecule has 24 heavy (non-hydrogen) atoms. The molecule has 1 aliphatic heterocycles. The molecule has 2 fully saturated rings. The lowest BCUT2D eigenvalue weighted by atomic mass is 9.89. The first kappa shape index (κ1) is 17.6. The van der Waals surface area contributed by atoms with Gasteiger partial charge in [-0.25, -0.2) is 4.68 Å². The number of rotatable bonds is 4. The van der Waals surface area contributed by atoms with Crippen LogP contribution in [0.4, 0.5) is 0 Å². The van der Waals surface area contributed by atoms with Crippen molar-refractivity contribution < 1.29 is 4.79 Å². The number of likely N-dealkylation sites (tertiary alicyclic amines) is 1. The highest BCUT2D eigenvalue weighted by Gasteiger charge is 2.29. The van der Waals surface area contributed by atoms with Gasteiger partial charge in [0.25, 0.3) is 0 Å². The van der Waals surface area contributed by atoms with E-state index in [-0.39, 0.29) is 5.91 Å². The second-order valence-electron chi connectivity index (χ2n) is 7.26. The Labute approximate surface area is 148 Å². The molecule has 1 saturated heterocycles. The number of nitrogens with zero attached hydrogens (tertiary/aromatic N) is 4. The van der Waals surface area contributed by atoms with Gasteiger partial charge in [0.05, 0.1) is 5.75 Å². The minimum absolute atomic E-state index is 0.182. The summed E-state index contributed by atoms with van der Waals surface area (Å²) in [6.45, 7) is 4.29. The molecule has 1 aliphatic carbocycles. The zero-order chi connectivity index (χ0) is 17.1. The maximum absolute atomic E-state index is 12.6. The van der Waals surface area contributed by atoms with Gasteiger partial charge < -0.3 is 10.7 Å². The van der Waals surface area contributed by atoms with Crippen LogP contribution in [0.1, 0.15) is 77.0 Å². The molecule has 134 valence electrons. The van der Waals surface area contributed by atoms with Crippen LogP contribution in [0.2, 0.25) is 0 Å². The van der Waals surface area contributed by atoms with Crippen LogP contribution >= 0.6 is 11.8 Å². The van der Waals surface area contributed by atoms with E-state index < -0.39 is 0 Å². The number of aromatic nitrogens is 3. The third-order valence-electron chi connectivity index (χ3n) is 5.47. The average molecular weight is 352 g/mol. The zero-order valence-electron chi connectivity index (χ0n) is 14.8. The summed E-state index contributed by atoms with van der Waals surface area (Å²) in [5, 5.41) is 9.18. The van der Waals surface area contributed by atoms with E-state index in [1.165, 1.54) is 37.4 Å². The Kier molecular flexibility index (Phi) is 5.69. The summed E-state index contributed by atoms with van der Waals surface area (Å²) in [6.07, 6.45) is 9.47. The van der Waals surface area contributed by atoms with Crippen molar-refractivity contribution in [2.75, 3.05) is 11.6 Å². The maximum Gasteiger partial charge on any atom is 0.233 e. The summed E-state index contributed by atoms with van der Waals surface area (Å²) in [4.78, 5) is 14.7. The average Bonchev–Trinajstić information content (AvgIpc) is 2.94. The Balaban J connectivity index is 1.60. The van der Waals surface area contributed by atoms with E-state index >= 15 is 0 Å². The normalized spacial score (nSPS) is 25.8. The first-order valence-electron chi connectivity index (χ1n) is 9.22. The van der Waals surface area contributed by atoms with Crippen LogP contribution in [0.3, 0.4) is 0 Å². The molecule has 2 atom stereocenters. The smallest absolute Gasteiger partial charge is 0.233 e. The highest BCUT2D eigenvalue weighted by molar-refractivity contribution is 7.99. The fourth-order valence-electron chi connectivity index (χ4n) is 4.14. The molecule has 2 N–H and O–H groups in total. The van der Waals surface area contributed by atoms with Crippen molar-refractivity contribution in [2.24, 2.45) is 0 Å². The van der Waals surface area contributed by atoms with Crippen LogP contribution in [-0.2, 0) is 4.79 Å². The number of hydrogen-bond acceptors (Lipinski definition) is 5. The molecule has 1 amide bonds. The van der Waals surface area contributed by atoms with Gasteiger partial charge in [0.2, 0.25) is 11.1 Å². The molecule has 0 spiro atoms. The molecule has 1 aromatic rings. The second kappa shape index (κ2) is 7.76. The minimum Gasteiger partial charge on any atom is -0.337 e. The Morgan fingerprint density at radius 3 is 2.42 bits per heavy atom. The monoisotopic (exact) mass is 351 g/mol. The Morgan fingerprint density at radius 1 is 1.08 bits per heavy atom. The predicted molar refractivity (Wildman–Crippen MR) is 96.3 cm³/mol. The van der Waals surface area contributed by atoms with Gasteiger partial charge >= 0.3 is 0 Å². The van der Waals surface area contributed by atoms with E-state index in [0.29, 0.717) is 28.9 Å². The number of amides is 1. The Bertz CT molecular complexity index is 559. The van der Waals surface area contributed by atoms with Crippen LogP contribution in [0.5, 0.6) is 0 Å². The Hall–Kier alpha value is -1.24. The number of nitrogens with two attached hydrogens (primary N) is 1. The summed E-state index contributed by atoms with van der Waals surface area (Å²) < 4.78 is 1.61. The predicted octanol–water partition coefficient (Wildman–Crippen LogP) is 2.92. The zero-order valence-corrected chi connectivity index (χ0v) is 15.6. The first-order valence-corrected chi connectivity index (χ1v) is 10.2. The number of carbonyl (C=O) groups is 1. The number of piperidine rings is 1. The van der Waals surface area contributed by atoms with Crippen molar-refractivity contribution in [1.82, 2.24) is 19.8 Å². The lowest BCUT2D eigenvalue weighted by molar-refractivity contribution is -0.134. The van der Waals surface area contributed by atoms with Gasteiger partial charge in [0.15, 0.2) is 5.82 Å². The molecular formula is C17H29N5OS. The topological polar surface area (TPSA) is 77.0 Å². The number of hydrogen-bond donors (Lipinski definition) is 1. The summed E-state index contributed by atoms with van der Waals surface area (Å²) in [5.41, 5.74) is 0. The van der Waals surface area contributed by atoms with Gasteiger partial charge in [-0.15, -0.1) is 10.2 Å². The van der Waals surface area contributed by atoms with Crippen molar-refractivity contribution in [3.63, 3.8) is 0 Å². The van der Waals surface area contributed by atoms with Crippen LogP contribution in [0.25, 0.3) is 0 Å². The van der Waals surface area contributed by atoms with Crippen LogP contribution in [-0.4, -0.2) is 43.5 Å². The number of thioether (sulfide) groups is 1. The molecule has 1 saturated carbocycles. The third kappa shape index (κ3) is 3.71. The van der Waals surface area contributed by atoms with Crippen molar-refractivity contribution in [3.05, 3.63) is 5.82 Å².